The van der Waals surface area contributed by atoms with E-state index in [1.54, 1.807) is 0 Å². The van der Waals surface area contributed by atoms with Crippen LogP contribution in [0.1, 0.15) is 52.0 Å². The Kier molecular flexibility index (Phi) is 3.75. The van der Waals surface area contributed by atoms with Gasteiger partial charge in [-0.2, -0.15) is 0 Å². The van der Waals surface area contributed by atoms with E-state index in [0.717, 1.165) is 11.4 Å². The Morgan fingerprint density at radius 2 is 1.89 bits per heavy atom. The monoisotopic (exact) mass is 265 g/mol. The van der Waals surface area contributed by atoms with Gasteiger partial charge in [-0.25, -0.2) is 0 Å². The third kappa shape index (κ3) is 1.88. The molecule has 1 aliphatic rings. The highest BCUT2D eigenvalue weighted by atomic mass is 35.5. The molecule has 2 rings (SSSR count). The molecule has 0 amide bonds. The zero-order valence-electron chi connectivity index (χ0n) is 11.7. The van der Waals surface area contributed by atoms with Crippen LogP contribution in [0, 0.1) is 5.41 Å². The van der Waals surface area contributed by atoms with Gasteiger partial charge in [-0.3, -0.25) is 0 Å². The Balaban J connectivity index is 2.45. The van der Waals surface area contributed by atoms with Crippen molar-refractivity contribution in [2.24, 2.45) is 11.1 Å². The number of hydrogen-bond donors (Lipinski definition) is 1. The van der Waals surface area contributed by atoms with Crippen LogP contribution >= 0.6 is 11.6 Å². The Morgan fingerprint density at radius 1 is 1.33 bits per heavy atom. The fourth-order valence-corrected chi connectivity index (χ4v) is 3.71. The van der Waals surface area contributed by atoms with Gasteiger partial charge in [-0.1, -0.05) is 44.0 Å². The lowest BCUT2D eigenvalue weighted by Gasteiger charge is -2.57. The summed E-state index contributed by atoms with van der Waals surface area (Å²) in [5.74, 6) is 0. The molecule has 1 aliphatic carbocycles. The van der Waals surface area contributed by atoms with Crippen LogP contribution in [0.3, 0.4) is 0 Å². The molecule has 0 aromatic heterocycles. The van der Waals surface area contributed by atoms with Gasteiger partial charge in [0.25, 0.3) is 0 Å². The molecule has 2 unspecified atom stereocenters. The number of benzene rings is 1. The second-order valence-electron chi connectivity index (χ2n) is 6.00. The van der Waals surface area contributed by atoms with Crippen LogP contribution in [0.4, 0.5) is 0 Å². The van der Waals surface area contributed by atoms with E-state index < -0.39 is 0 Å². The molecule has 0 spiro atoms. The maximum Gasteiger partial charge on any atom is 0.0406 e. The Labute approximate surface area is 116 Å². The van der Waals surface area contributed by atoms with Crippen LogP contribution < -0.4 is 5.73 Å². The molecule has 100 valence electrons. The van der Waals surface area contributed by atoms with Crippen LogP contribution in [-0.2, 0) is 5.41 Å². The maximum atomic E-state index is 6.32. The first-order valence-electron chi connectivity index (χ1n) is 6.98. The Morgan fingerprint density at radius 3 is 2.22 bits per heavy atom. The summed E-state index contributed by atoms with van der Waals surface area (Å²) in [5.41, 5.74) is 8.15. The van der Waals surface area contributed by atoms with Gasteiger partial charge >= 0.3 is 0 Å². The van der Waals surface area contributed by atoms with Gasteiger partial charge in [0.05, 0.1) is 0 Å². The first kappa shape index (κ1) is 13.9. The molecule has 1 aromatic carbocycles. The van der Waals surface area contributed by atoms with Gasteiger partial charge in [0.15, 0.2) is 0 Å². The van der Waals surface area contributed by atoms with Gasteiger partial charge in [0.1, 0.15) is 0 Å². The molecule has 1 aromatic rings. The molecule has 18 heavy (non-hydrogen) atoms. The highest BCUT2D eigenvalue weighted by Gasteiger charge is 2.53. The van der Waals surface area contributed by atoms with Crippen molar-refractivity contribution in [3.63, 3.8) is 0 Å². The van der Waals surface area contributed by atoms with Gasteiger partial charge in [0.2, 0.25) is 0 Å². The first-order chi connectivity index (χ1) is 8.46. The van der Waals surface area contributed by atoms with E-state index in [1.807, 2.05) is 12.1 Å². The Bertz CT molecular complexity index is 406. The van der Waals surface area contributed by atoms with Gasteiger partial charge < -0.3 is 5.73 Å². The van der Waals surface area contributed by atoms with E-state index in [4.69, 9.17) is 17.3 Å². The average Bonchev–Trinajstić information content (AvgIpc) is 2.29. The van der Waals surface area contributed by atoms with Crippen molar-refractivity contribution in [2.75, 3.05) is 0 Å². The molecule has 2 heteroatoms. The van der Waals surface area contributed by atoms with Crippen LogP contribution in [0.15, 0.2) is 24.3 Å². The molecule has 0 radical (unpaired) electrons. The summed E-state index contributed by atoms with van der Waals surface area (Å²) in [6, 6.07) is 8.61. The highest BCUT2D eigenvalue weighted by molar-refractivity contribution is 6.30. The zero-order valence-corrected chi connectivity index (χ0v) is 12.4. The summed E-state index contributed by atoms with van der Waals surface area (Å²) >= 11 is 6.01. The predicted molar refractivity (Wildman–Crippen MR) is 79.0 cm³/mol. The topological polar surface area (TPSA) is 26.0 Å². The number of nitrogens with two attached hydrogens (primary N) is 1. The molecule has 0 bridgehead atoms. The van der Waals surface area contributed by atoms with Crippen LogP contribution in [0.5, 0.6) is 0 Å². The number of halogens is 1. The molecule has 1 fully saturated rings. The minimum Gasteiger partial charge on any atom is -0.327 e. The summed E-state index contributed by atoms with van der Waals surface area (Å²) in [6.07, 6.45) is 4.93. The van der Waals surface area contributed by atoms with E-state index in [2.05, 4.69) is 32.9 Å². The predicted octanol–water partition coefficient (Wildman–Crippen LogP) is 4.53. The second-order valence-corrected chi connectivity index (χ2v) is 6.44. The first-order valence-corrected chi connectivity index (χ1v) is 7.36. The van der Waals surface area contributed by atoms with E-state index in [1.165, 1.54) is 24.8 Å². The van der Waals surface area contributed by atoms with E-state index in [0.29, 0.717) is 0 Å². The summed E-state index contributed by atoms with van der Waals surface area (Å²) in [5, 5.41) is 0.812. The van der Waals surface area contributed by atoms with Crippen molar-refractivity contribution in [1.82, 2.24) is 0 Å². The summed E-state index contributed by atoms with van der Waals surface area (Å²) in [4.78, 5) is 0. The summed E-state index contributed by atoms with van der Waals surface area (Å²) in [7, 11) is 0. The summed E-state index contributed by atoms with van der Waals surface area (Å²) in [6.45, 7) is 6.77. The van der Waals surface area contributed by atoms with Crippen LogP contribution in [0.25, 0.3) is 0 Å². The van der Waals surface area contributed by atoms with Crippen LogP contribution in [0.2, 0.25) is 5.02 Å². The molecule has 0 saturated heterocycles. The molecular formula is C16H24ClN. The maximum absolute atomic E-state index is 6.32. The zero-order chi connectivity index (χ0) is 13.4. The lowest BCUT2D eigenvalue weighted by atomic mass is 9.48. The smallest absolute Gasteiger partial charge is 0.0406 e. The standard InChI is InChI=1S/C16H24ClN/c1-4-15(3,12(2)18)16(10-5-11-16)13-6-8-14(17)9-7-13/h6-9,12H,4-5,10-11,18H2,1-3H3. The van der Waals surface area contributed by atoms with Crippen molar-refractivity contribution in [1.29, 1.82) is 0 Å². The fourth-order valence-electron chi connectivity index (χ4n) is 3.58. The highest BCUT2D eigenvalue weighted by Crippen LogP contribution is 2.58. The van der Waals surface area contributed by atoms with Gasteiger partial charge in [-0.15, -0.1) is 0 Å². The minimum atomic E-state index is 0.166. The molecular weight excluding hydrogens is 242 g/mol. The number of rotatable bonds is 4. The third-order valence-corrected chi connectivity index (χ3v) is 5.69. The molecule has 1 nitrogen and oxygen atoms in total. The van der Waals surface area contributed by atoms with Crippen molar-refractivity contribution in [3.05, 3.63) is 34.9 Å². The SMILES string of the molecule is CCC(C)(C(C)N)C1(c2ccc(Cl)cc2)CCC1. The Hall–Kier alpha value is -0.530. The molecule has 2 atom stereocenters. The summed E-state index contributed by atoms with van der Waals surface area (Å²) < 4.78 is 0. The normalized spacial score (nSPS) is 22.9. The minimum absolute atomic E-state index is 0.166. The van der Waals surface area contributed by atoms with E-state index in [-0.39, 0.29) is 16.9 Å². The molecule has 0 aliphatic heterocycles. The fraction of sp³-hybridized carbons (Fsp3) is 0.625. The van der Waals surface area contributed by atoms with Crippen molar-refractivity contribution >= 4 is 11.6 Å². The number of hydrogen-bond acceptors (Lipinski definition) is 1. The van der Waals surface area contributed by atoms with Gasteiger partial charge in [0, 0.05) is 16.5 Å². The van der Waals surface area contributed by atoms with E-state index in [9.17, 15) is 0 Å². The van der Waals surface area contributed by atoms with Gasteiger partial charge in [-0.05, 0) is 49.3 Å². The lowest BCUT2D eigenvalue weighted by Crippen LogP contribution is -2.56. The van der Waals surface area contributed by atoms with Crippen molar-refractivity contribution in [3.8, 4) is 0 Å². The molecule has 2 N–H and O–H groups in total. The average molecular weight is 266 g/mol. The van der Waals surface area contributed by atoms with Crippen molar-refractivity contribution in [2.45, 2.75) is 57.9 Å². The molecule has 1 saturated carbocycles. The lowest BCUT2D eigenvalue weighted by molar-refractivity contribution is 0.0290. The largest absolute Gasteiger partial charge is 0.327 e. The van der Waals surface area contributed by atoms with E-state index >= 15 is 0 Å². The quantitative estimate of drug-likeness (QED) is 0.851. The molecule has 0 heterocycles. The van der Waals surface area contributed by atoms with Crippen molar-refractivity contribution < 1.29 is 0 Å². The second kappa shape index (κ2) is 4.86. The van der Waals surface area contributed by atoms with Crippen LogP contribution in [-0.4, -0.2) is 6.04 Å². The third-order valence-electron chi connectivity index (χ3n) is 5.44.